The number of amides is 1. The van der Waals surface area contributed by atoms with Gasteiger partial charge in [-0.15, -0.1) is 0 Å². The van der Waals surface area contributed by atoms with Gasteiger partial charge in [-0.05, 0) is 40.0 Å². The molecule has 0 atom stereocenters. The van der Waals surface area contributed by atoms with Crippen LogP contribution in [0, 0.1) is 0 Å². The van der Waals surface area contributed by atoms with Crippen LogP contribution in [0.25, 0.3) is 0 Å². The van der Waals surface area contributed by atoms with Crippen molar-refractivity contribution in [3.05, 3.63) is 24.3 Å². The van der Waals surface area contributed by atoms with Gasteiger partial charge in [0.25, 0.3) is 0 Å². The third-order valence-corrected chi connectivity index (χ3v) is 2.60. The predicted octanol–water partition coefficient (Wildman–Crippen LogP) is 2.02. The Bertz CT molecular complexity index is 389. The molecule has 94 valence electrons. The van der Waals surface area contributed by atoms with E-state index in [9.17, 15) is 4.79 Å². The lowest BCUT2D eigenvalue weighted by Gasteiger charge is -2.22. The fraction of sp³-hybridized carbons (Fsp3) is 0.462. The third kappa shape index (κ3) is 3.75. The molecule has 0 saturated heterocycles. The van der Waals surface area contributed by atoms with E-state index < -0.39 is 5.54 Å². The average molecular weight is 236 g/mol. The maximum Gasteiger partial charge on any atom is 0.244 e. The molecular weight excluding hydrogens is 216 g/mol. The van der Waals surface area contributed by atoms with Gasteiger partial charge in [0.15, 0.2) is 0 Å². The minimum absolute atomic E-state index is 0.0753. The molecule has 1 aromatic rings. The molecule has 0 aliphatic heterocycles. The highest BCUT2D eigenvalue weighted by Gasteiger charge is 2.25. The van der Waals surface area contributed by atoms with Crippen molar-refractivity contribution >= 4 is 11.6 Å². The molecule has 0 heterocycles. The van der Waals surface area contributed by atoms with Gasteiger partial charge in [0.1, 0.15) is 5.75 Å². The van der Waals surface area contributed by atoms with Gasteiger partial charge in [0, 0.05) is 11.8 Å². The second-order valence-electron chi connectivity index (χ2n) is 4.29. The number of carbonyl (C=O) groups is 1. The molecule has 0 saturated carbocycles. The number of hydrogen-bond acceptors (Lipinski definition) is 3. The first kappa shape index (κ1) is 13.5. The molecule has 1 aromatic carbocycles. The summed E-state index contributed by atoms with van der Waals surface area (Å²) in [5.41, 5.74) is 0.144. The molecule has 17 heavy (non-hydrogen) atoms. The van der Waals surface area contributed by atoms with Crippen LogP contribution in [-0.4, -0.2) is 25.1 Å². The first-order valence-electron chi connectivity index (χ1n) is 5.73. The zero-order valence-corrected chi connectivity index (χ0v) is 10.8. The Balaban J connectivity index is 2.75. The summed E-state index contributed by atoms with van der Waals surface area (Å²) in [6, 6.07) is 7.37. The molecular formula is C13H20N2O2. The largest absolute Gasteiger partial charge is 0.494 e. The van der Waals surface area contributed by atoms with Crippen LogP contribution in [0.4, 0.5) is 5.69 Å². The van der Waals surface area contributed by atoms with Crippen LogP contribution in [0.2, 0.25) is 0 Å². The Morgan fingerprint density at radius 1 is 1.41 bits per heavy atom. The topological polar surface area (TPSA) is 50.4 Å². The van der Waals surface area contributed by atoms with E-state index in [4.69, 9.17) is 4.74 Å². The highest BCUT2D eigenvalue weighted by molar-refractivity contribution is 5.97. The van der Waals surface area contributed by atoms with Crippen LogP contribution >= 0.6 is 0 Å². The lowest BCUT2D eigenvalue weighted by molar-refractivity contribution is -0.121. The summed E-state index contributed by atoms with van der Waals surface area (Å²) in [6.45, 7) is 6.19. The summed E-state index contributed by atoms with van der Waals surface area (Å²) in [4.78, 5) is 11.9. The maximum atomic E-state index is 11.9. The van der Waals surface area contributed by atoms with E-state index in [2.05, 4.69) is 10.6 Å². The zero-order valence-electron chi connectivity index (χ0n) is 10.8. The van der Waals surface area contributed by atoms with Crippen LogP contribution in [0.1, 0.15) is 20.8 Å². The van der Waals surface area contributed by atoms with Gasteiger partial charge >= 0.3 is 0 Å². The second-order valence-corrected chi connectivity index (χ2v) is 4.29. The van der Waals surface area contributed by atoms with E-state index in [1.165, 1.54) is 0 Å². The monoisotopic (exact) mass is 236 g/mol. The summed E-state index contributed by atoms with van der Waals surface area (Å²) in [5.74, 6) is 0.682. The van der Waals surface area contributed by atoms with Crippen LogP contribution in [0.15, 0.2) is 24.3 Å². The zero-order chi connectivity index (χ0) is 12.9. The van der Waals surface area contributed by atoms with Crippen molar-refractivity contribution in [2.75, 3.05) is 19.0 Å². The summed E-state index contributed by atoms with van der Waals surface area (Å²) in [5, 5.41) is 5.81. The predicted molar refractivity (Wildman–Crippen MR) is 69.4 cm³/mol. The van der Waals surface area contributed by atoms with Crippen molar-refractivity contribution in [2.45, 2.75) is 26.3 Å². The number of benzene rings is 1. The number of rotatable bonds is 5. The van der Waals surface area contributed by atoms with Crippen molar-refractivity contribution in [1.82, 2.24) is 5.32 Å². The molecule has 0 spiro atoms. The highest BCUT2D eigenvalue weighted by Crippen LogP contribution is 2.18. The summed E-state index contributed by atoms with van der Waals surface area (Å²) in [6.07, 6.45) is 0. The Labute approximate surface area is 102 Å². The molecule has 4 nitrogen and oxygen atoms in total. The van der Waals surface area contributed by atoms with Crippen molar-refractivity contribution in [3.8, 4) is 5.75 Å². The lowest BCUT2D eigenvalue weighted by atomic mass is 10.1. The van der Waals surface area contributed by atoms with Crippen LogP contribution in [0.5, 0.6) is 5.75 Å². The van der Waals surface area contributed by atoms with Crippen LogP contribution < -0.4 is 15.4 Å². The Kier molecular flexibility index (Phi) is 4.52. The van der Waals surface area contributed by atoms with Crippen molar-refractivity contribution < 1.29 is 9.53 Å². The number of hydrogen-bond donors (Lipinski definition) is 2. The van der Waals surface area contributed by atoms with Crippen molar-refractivity contribution in [3.63, 3.8) is 0 Å². The number of anilines is 1. The molecule has 0 aromatic heterocycles. The van der Waals surface area contributed by atoms with Crippen LogP contribution in [-0.2, 0) is 4.79 Å². The number of carbonyl (C=O) groups excluding carboxylic acids is 1. The highest BCUT2D eigenvalue weighted by atomic mass is 16.5. The smallest absolute Gasteiger partial charge is 0.244 e. The summed E-state index contributed by atoms with van der Waals surface area (Å²) in [7, 11) is 1.76. The van der Waals surface area contributed by atoms with E-state index in [0.29, 0.717) is 6.61 Å². The first-order chi connectivity index (χ1) is 7.99. The van der Waals surface area contributed by atoms with E-state index in [0.717, 1.165) is 11.4 Å². The van der Waals surface area contributed by atoms with Crippen LogP contribution in [0.3, 0.4) is 0 Å². The standard InChI is InChI=1S/C13H20N2O2/c1-5-17-11-8-6-7-10(9-11)15-12(16)13(2,3)14-4/h6-9,14H,5H2,1-4H3,(H,15,16). The molecule has 0 unspecified atom stereocenters. The van der Waals surface area contributed by atoms with E-state index >= 15 is 0 Å². The van der Waals surface area contributed by atoms with Gasteiger partial charge in [0.05, 0.1) is 12.1 Å². The molecule has 0 bridgehead atoms. The molecule has 4 heteroatoms. The molecule has 0 aliphatic rings. The lowest BCUT2D eigenvalue weighted by Crippen LogP contribution is -2.47. The summed E-state index contributed by atoms with van der Waals surface area (Å²) < 4.78 is 5.37. The number of ether oxygens (including phenoxy) is 1. The Morgan fingerprint density at radius 2 is 2.12 bits per heavy atom. The second kappa shape index (κ2) is 5.68. The molecule has 2 N–H and O–H groups in total. The SMILES string of the molecule is CCOc1cccc(NC(=O)C(C)(C)NC)c1. The first-order valence-corrected chi connectivity index (χ1v) is 5.73. The molecule has 0 radical (unpaired) electrons. The van der Waals surface area contributed by atoms with Gasteiger partial charge in [-0.25, -0.2) is 0 Å². The number of likely N-dealkylation sites (N-methyl/N-ethyl adjacent to an activating group) is 1. The maximum absolute atomic E-state index is 11.9. The van der Waals surface area contributed by atoms with E-state index in [1.807, 2.05) is 45.0 Å². The van der Waals surface area contributed by atoms with Gasteiger partial charge < -0.3 is 15.4 Å². The third-order valence-electron chi connectivity index (χ3n) is 2.60. The van der Waals surface area contributed by atoms with Gasteiger partial charge in [-0.2, -0.15) is 0 Å². The molecule has 1 rings (SSSR count). The van der Waals surface area contributed by atoms with Gasteiger partial charge in [-0.3, -0.25) is 4.79 Å². The Morgan fingerprint density at radius 3 is 2.71 bits per heavy atom. The number of nitrogens with one attached hydrogen (secondary N) is 2. The van der Waals surface area contributed by atoms with Crippen molar-refractivity contribution in [2.24, 2.45) is 0 Å². The van der Waals surface area contributed by atoms with E-state index in [1.54, 1.807) is 7.05 Å². The molecule has 0 fully saturated rings. The quantitative estimate of drug-likeness (QED) is 0.822. The minimum atomic E-state index is -0.596. The molecule has 0 aliphatic carbocycles. The van der Waals surface area contributed by atoms with E-state index in [-0.39, 0.29) is 5.91 Å². The normalized spacial score (nSPS) is 11.1. The van der Waals surface area contributed by atoms with Gasteiger partial charge in [0.2, 0.25) is 5.91 Å². The fourth-order valence-electron chi connectivity index (χ4n) is 1.23. The Hall–Kier alpha value is -1.55. The fourth-order valence-corrected chi connectivity index (χ4v) is 1.23. The van der Waals surface area contributed by atoms with Gasteiger partial charge in [-0.1, -0.05) is 6.07 Å². The van der Waals surface area contributed by atoms with Crippen molar-refractivity contribution in [1.29, 1.82) is 0 Å². The minimum Gasteiger partial charge on any atom is -0.494 e. The molecule has 1 amide bonds. The summed E-state index contributed by atoms with van der Waals surface area (Å²) >= 11 is 0. The average Bonchev–Trinajstić information content (AvgIpc) is 2.30.